The quantitative estimate of drug-likeness (QED) is 0.854. The Morgan fingerprint density at radius 1 is 1.47 bits per heavy atom. The summed E-state index contributed by atoms with van der Waals surface area (Å²) in [7, 11) is 0. The van der Waals surface area contributed by atoms with Crippen molar-refractivity contribution in [2.24, 2.45) is 5.41 Å². The molecule has 3 heteroatoms. The van der Waals surface area contributed by atoms with Gasteiger partial charge in [0.2, 0.25) is 0 Å². The molecule has 2 rings (SSSR count). The van der Waals surface area contributed by atoms with Gasteiger partial charge in [-0.05, 0) is 53.0 Å². The maximum absolute atomic E-state index is 11.8. The number of carbonyl (C=O) groups is 1. The minimum Gasteiger partial charge on any atom is -0.351 e. The molecule has 2 nitrogen and oxygen atoms in total. The highest BCUT2D eigenvalue weighted by Crippen LogP contribution is 2.44. The fourth-order valence-corrected chi connectivity index (χ4v) is 2.06. The van der Waals surface area contributed by atoms with Crippen molar-refractivity contribution in [2.45, 2.75) is 19.8 Å². The van der Waals surface area contributed by atoms with Gasteiger partial charge in [-0.3, -0.25) is 4.79 Å². The molecule has 80 valence electrons. The van der Waals surface area contributed by atoms with E-state index < -0.39 is 0 Å². The van der Waals surface area contributed by atoms with Gasteiger partial charge >= 0.3 is 0 Å². The molecule has 0 aromatic heterocycles. The molecule has 1 aromatic carbocycles. The van der Waals surface area contributed by atoms with Crippen molar-refractivity contribution < 1.29 is 4.79 Å². The van der Waals surface area contributed by atoms with Crippen molar-refractivity contribution >= 4 is 28.5 Å². The van der Waals surface area contributed by atoms with Crippen LogP contribution in [0.2, 0.25) is 0 Å². The van der Waals surface area contributed by atoms with Crippen LogP contribution in [0.3, 0.4) is 0 Å². The second kappa shape index (κ2) is 4.12. The monoisotopic (exact) mass is 315 g/mol. The third-order valence-corrected chi connectivity index (χ3v) is 3.84. The van der Waals surface area contributed by atoms with Crippen molar-refractivity contribution in [3.8, 4) is 0 Å². The summed E-state index contributed by atoms with van der Waals surface area (Å²) in [6.45, 7) is 3.01. The highest BCUT2D eigenvalue weighted by Gasteiger charge is 2.37. The molecule has 1 fully saturated rings. The number of carbonyl (C=O) groups excluding carboxylic acids is 1. The summed E-state index contributed by atoms with van der Waals surface area (Å²) in [6, 6.07) is 7.66. The maximum atomic E-state index is 11.8. The van der Waals surface area contributed by atoms with Crippen LogP contribution >= 0.6 is 22.6 Å². The molecule has 0 radical (unpaired) electrons. The summed E-state index contributed by atoms with van der Waals surface area (Å²) in [5.41, 5.74) is 1.15. The Bertz CT molecular complexity index is 385. The van der Waals surface area contributed by atoms with Gasteiger partial charge in [0.1, 0.15) is 0 Å². The van der Waals surface area contributed by atoms with E-state index >= 15 is 0 Å². The van der Waals surface area contributed by atoms with Gasteiger partial charge < -0.3 is 5.32 Å². The topological polar surface area (TPSA) is 29.1 Å². The molecule has 0 heterocycles. The van der Waals surface area contributed by atoms with Crippen LogP contribution in [0.1, 0.15) is 30.1 Å². The number of nitrogens with one attached hydrogen (secondary N) is 1. The minimum absolute atomic E-state index is 0.0492. The lowest BCUT2D eigenvalue weighted by Gasteiger charge is -2.10. The van der Waals surface area contributed by atoms with Gasteiger partial charge in [-0.25, -0.2) is 0 Å². The minimum atomic E-state index is 0.0492. The van der Waals surface area contributed by atoms with Gasteiger partial charge in [0.05, 0.1) is 5.56 Å². The maximum Gasteiger partial charge on any atom is 0.252 e. The third-order valence-electron chi connectivity index (χ3n) is 2.90. The summed E-state index contributed by atoms with van der Waals surface area (Å²) in [5.74, 6) is 0.0492. The van der Waals surface area contributed by atoms with Crippen molar-refractivity contribution in [1.82, 2.24) is 5.32 Å². The van der Waals surface area contributed by atoms with Crippen LogP contribution in [0.25, 0.3) is 0 Å². The van der Waals surface area contributed by atoms with Crippen LogP contribution < -0.4 is 5.32 Å². The van der Waals surface area contributed by atoms with Crippen molar-refractivity contribution in [1.29, 1.82) is 0 Å². The Labute approximate surface area is 104 Å². The van der Waals surface area contributed by atoms with E-state index in [9.17, 15) is 4.79 Å². The van der Waals surface area contributed by atoms with Crippen LogP contribution in [-0.2, 0) is 0 Å². The summed E-state index contributed by atoms with van der Waals surface area (Å²) in [6.07, 6.45) is 2.47. The molecule has 0 unspecified atom stereocenters. The number of rotatable bonds is 3. The lowest BCUT2D eigenvalue weighted by molar-refractivity contribution is 0.0945. The largest absolute Gasteiger partial charge is 0.351 e. The number of benzene rings is 1. The third kappa shape index (κ3) is 2.71. The predicted octanol–water partition coefficient (Wildman–Crippen LogP) is 2.82. The van der Waals surface area contributed by atoms with Crippen LogP contribution in [0, 0.1) is 8.99 Å². The zero-order valence-corrected chi connectivity index (χ0v) is 10.9. The van der Waals surface area contributed by atoms with Crippen LogP contribution in [-0.4, -0.2) is 12.5 Å². The normalized spacial score (nSPS) is 17.2. The van der Waals surface area contributed by atoms with E-state index in [1.54, 1.807) is 0 Å². The molecule has 15 heavy (non-hydrogen) atoms. The fourth-order valence-electron chi connectivity index (χ4n) is 1.42. The van der Waals surface area contributed by atoms with Crippen LogP contribution in [0.15, 0.2) is 24.3 Å². The van der Waals surface area contributed by atoms with Gasteiger partial charge in [0, 0.05) is 10.1 Å². The van der Waals surface area contributed by atoms with Crippen molar-refractivity contribution in [3.63, 3.8) is 0 Å². The van der Waals surface area contributed by atoms with Gasteiger partial charge in [-0.15, -0.1) is 0 Å². The smallest absolute Gasteiger partial charge is 0.252 e. The first-order chi connectivity index (χ1) is 7.11. The van der Waals surface area contributed by atoms with E-state index in [1.807, 2.05) is 24.3 Å². The molecule has 1 N–H and O–H groups in total. The van der Waals surface area contributed by atoms with Crippen molar-refractivity contribution in [2.75, 3.05) is 6.54 Å². The second-order valence-corrected chi connectivity index (χ2v) is 5.64. The Balaban J connectivity index is 1.99. The van der Waals surface area contributed by atoms with Gasteiger partial charge in [0.25, 0.3) is 5.91 Å². The molecule has 1 aliphatic rings. The lowest BCUT2D eigenvalue weighted by Crippen LogP contribution is -2.29. The van der Waals surface area contributed by atoms with E-state index in [4.69, 9.17) is 0 Å². The number of amides is 1. The zero-order chi connectivity index (χ0) is 10.9. The van der Waals surface area contributed by atoms with Crippen LogP contribution in [0.4, 0.5) is 0 Å². The van der Waals surface area contributed by atoms with E-state index in [0.29, 0.717) is 5.41 Å². The van der Waals surface area contributed by atoms with Crippen LogP contribution in [0.5, 0.6) is 0 Å². The number of halogens is 1. The van der Waals surface area contributed by atoms with E-state index in [0.717, 1.165) is 15.7 Å². The first kappa shape index (κ1) is 10.9. The summed E-state index contributed by atoms with van der Waals surface area (Å²) in [5, 5.41) is 3.00. The molecule has 1 aromatic rings. The summed E-state index contributed by atoms with van der Waals surface area (Å²) < 4.78 is 1.01. The Morgan fingerprint density at radius 3 is 2.73 bits per heavy atom. The van der Waals surface area contributed by atoms with E-state index in [-0.39, 0.29) is 5.91 Å². The summed E-state index contributed by atoms with van der Waals surface area (Å²) >= 11 is 2.19. The van der Waals surface area contributed by atoms with Gasteiger partial charge in [-0.2, -0.15) is 0 Å². The molecule has 0 atom stereocenters. The number of hydrogen-bond donors (Lipinski definition) is 1. The molecular formula is C12H14INO. The lowest BCUT2D eigenvalue weighted by atomic mass is 10.1. The molecule has 1 saturated carbocycles. The standard InChI is InChI=1S/C12H14INO/c1-12(6-7-12)8-14-11(15)9-4-2-3-5-10(9)13/h2-5H,6-8H2,1H3,(H,14,15). The molecule has 0 spiro atoms. The Kier molecular flexibility index (Phi) is 3.00. The molecule has 0 saturated heterocycles. The highest BCUT2D eigenvalue weighted by molar-refractivity contribution is 14.1. The molecular weight excluding hydrogens is 301 g/mol. The second-order valence-electron chi connectivity index (χ2n) is 4.47. The van der Waals surface area contributed by atoms with Gasteiger partial charge in [0.15, 0.2) is 0 Å². The Morgan fingerprint density at radius 2 is 2.13 bits per heavy atom. The first-order valence-electron chi connectivity index (χ1n) is 5.13. The average Bonchev–Trinajstić information content (AvgIpc) is 2.95. The number of hydrogen-bond acceptors (Lipinski definition) is 1. The highest BCUT2D eigenvalue weighted by atomic mass is 127. The van der Waals surface area contributed by atoms with Gasteiger partial charge in [-0.1, -0.05) is 19.1 Å². The molecule has 1 amide bonds. The molecule has 0 bridgehead atoms. The van der Waals surface area contributed by atoms with E-state index in [2.05, 4.69) is 34.8 Å². The van der Waals surface area contributed by atoms with E-state index in [1.165, 1.54) is 12.8 Å². The average molecular weight is 315 g/mol. The molecule has 0 aliphatic heterocycles. The predicted molar refractivity (Wildman–Crippen MR) is 68.8 cm³/mol. The molecule has 1 aliphatic carbocycles. The zero-order valence-electron chi connectivity index (χ0n) is 8.72. The Hall–Kier alpha value is -0.580. The first-order valence-corrected chi connectivity index (χ1v) is 6.21. The van der Waals surface area contributed by atoms with Crippen molar-refractivity contribution in [3.05, 3.63) is 33.4 Å². The fraction of sp³-hybridized carbons (Fsp3) is 0.417. The SMILES string of the molecule is CC1(CNC(=O)c2ccccc2I)CC1. The summed E-state index contributed by atoms with van der Waals surface area (Å²) in [4.78, 5) is 11.8.